The second kappa shape index (κ2) is 9.78. The van der Waals surface area contributed by atoms with E-state index in [1.165, 1.54) is 7.11 Å². The molecule has 134 valence electrons. The molecule has 0 unspecified atom stereocenters. The average molecular weight is 442 g/mol. The molecule has 0 aromatic carbocycles. The molecule has 0 aromatic heterocycles. The van der Waals surface area contributed by atoms with E-state index in [9.17, 15) is 9.59 Å². The van der Waals surface area contributed by atoms with Gasteiger partial charge >= 0.3 is 12.1 Å². The third-order valence-electron chi connectivity index (χ3n) is 2.95. The minimum Gasteiger partial charge on any atom is -0.469 e. The molecule has 0 aliphatic carbocycles. The lowest BCUT2D eigenvalue weighted by Gasteiger charge is -2.40. The Labute approximate surface area is 154 Å². The van der Waals surface area contributed by atoms with Crippen molar-refractivity contribution in [2.75, 3.05) is 33.8 Å². The first-order valence-electron chi connectivity index (χ1n) is 7.27. The molecule has 0 spiro atoms. The number of esters is 1. The molecule has 1 amide bonds. The molecule has 23 heavy (non-hydrogen) atoms. The van der Waals surface area contributed by atoms with Gasteiger partial charge in [0.25, 0.3) is 0 Å². The molecule has 2 N–H and O–H groups in total. The molecule has 1 fully saturated rings. The SMILES string of the molecule is CN=C(NCCC(=O)OC)NC1CN(C(=O)OC(C)(C)C)C1.I. The number of ether oxygens (including phenoxy) is 2. The third kappa shape index (κ3) is 8.24. The molecule has 0 radical (unpaired) electrons. The first-order chi connectivity index (χ1) is 10.2. The van der Waals surface area contributed by atoms with Gasteiger partial charge in [0.05, 0.1) is 19.6 Å². The molecule has 9 heteroatoms. The van der Waals surface area contributed by atoms with Crippen LogP contribution in [0, 0.1) is 0 Å². The maximum absolute atomic E-state index is 11.8. The fraction of sp³-hybridized carbons (Fsp3) is 0.786. The van der Waals surface area contributed by atoms with E-state index < -0.39 is 5.60 Å². The summed E-state index contributed by atoms with van der Waals surface area (Å²) in [5.74, 6) is 0.320. The van der Waals surface area contributed by atoms with Crippen molar-refractivity contribution >= 4 is 42.0 Å². The topological polar surface area (TPSA) is 92.3 Å². The molecule has 1 saturated heterocycles. The van der Waals surface area contributed by atoms with Crippen LogP contribution in [0.4, 0.5) is 4.79 Å². The Morgan fingerprint density at radius 2 is 1.91 bits per heavy atom. The minimum atomic E-state index is -0.485. The number of likely N-dealkylation sites (tertiary alicyclic amines) is 1. The summed E-state index contributed by atoms with van der Waals surface area (Å²) in [6, 6.07) is 0.122. The van der Waals surface area contributed by atoms with Crippen molar-refractivity contribution in [1.82, 2.24) is 15.5 Å². The Balaban J connectivity index is 0.00000484. The lowest BCUT2D eigenvalue weighted by Crippen LogP contribution is -2.63. The number of aliphatic imine (C=N–C) groups is 1. The number of guanidine groups is 1. The molecular weight excluding hydrogens is 415 g/mol. The molecule has 0 saturated carbocycles. The van der Waals surface area contributed by atoms with Gasteiger partial charge in [0.15, 0.2) is 5.96 Å². The number of nitrogens with zero attached hydrogens (tertiary/aromatic N) is 2. The summed E-state index contributed by atoms with van der Waals surface area (Å²) < 4.78 is 9.85. The summed E-state index contributed by atoms with van der Waals surface area (Å²) in [5.41, 5.74) is -0.485. The van der Waals surface area contributed by atoms with Crippen LogP contribution in [0.3, 0.4) is 0 Å². The monoisotopic (exact) mass is 442 g/mol. The van der Waals surface area contributed by atoms with E-state index in [1.807, 2.05) is 20.8 Å². The molecule has 1 rings (SSSR count). The van der Waals surface area contributed by atoms with Gasteiger partial charge in [-0.3, -0.25) is 9.79 Å². The highest BCUT2D eigenvalue weighted by molar-refractivity contribution is 14.0. The number of amides is 1. The zero-order chi connectivity index (χ0) is 16.8. The second-order valence-electron chi connectivity index (χ2n) is 6.05. The van der Waals surface area contributed by atoms with Gasteiger partial charge in [-0.2, -0.15) is 0 Å². The van der Waals surface area contributed by atoms with Crippen molar-refractivity contribution in [1.29, 1.82) is 0 Å². The molecule has 0 atom stereocenters. The molecule has 0 aromatic rings. The van der Waals surface area contributed by atoms with Crippen LogP contribution in [0.5, 0.6) is 0 Å². The summed E-state index contributed by atoms with van der Waals surface area (Å²) in [5, 5.41) is 6.20. The highest BCUT2D eigenvalue weighted by atomic mass is 127. The van der Waals surface area contributed by atoms with Crippen LogP contribution in [0.15, 0.2) is 4.99 Å². The largest absolute Gasteiger partial charge is 0.469 e. The zero-order valence-corrected chi connectivity index (χ0v) is 16.7. The van der Waals surface area contributed by atoms with Gasteiger partial charge in [0.2, 0.25) is 0 Å². The van der Waals surface area contributed by atoms with Gasteiger partial charge in [-0.05, 0) is 20.8 Å². The number of rotatable bonds is 4. The number of carbonyl (C=O) groups is 2. The predicted molar refractivity (Wildman–Crippen MR) is 98.1 cm³/mol. The minimum absolute atomic E-state index is 0. The van der Waals surface area contributed by atoms with E-state index in [2.05, 4.69) is 20.4 Å². The van der Waals surface area contributed by atoms with Crippen LogP contribution in [0.2, 0.25) is 0 Å². The number of halogens is 1. The standard InChI is InChI=1S/C14H26N4O4.HI/c1-14(2,3)22-13(20)18-8-10(9-18)17-12(15-4)16-7-6-11(19)21-5;/h10H,6-9H2,1-5H3,(H2,15,16,17);1H. The van der Waals surface area contributed by atoms with Gasteiger partial charge in [-0.25, -0.2) is 4.79 Å². The Morgan fingerprint density at radius 1 is 1.30 bits per heavy atom. The lowest BCUT2D eigenvalue weighted by atomic mass is 10.1. The van der Waals surface area contributed by atoms with Crippen LogP contribution < -0.4 is 10.6 Å². The van der Waals surface area contributed by atoms with Gasteiger partial charge in [-0.15, -0.1) is 24.0 Å². The number of hydrogen-bond donors (Lipinski definition) is 2. The summed E-state index contributed by atoms with van der Waals surface area (Å²) in [6.07, 6.45) is -0.0366. The van der Waals surface area contributed by atoms with Crippen LogP contribution in [-0.2, 0) is 14.3 Å². The average Bonchev–Trinajstić information content (AvgIpc) is 2.37. The normalized spacial score (nSPS) is 15.2. The van der Waals surface area contributed by atoms with Crippen molar-refractivity contribution in [2.24, 2.45) is 4.99 Å². The molecule has 8 nitrogen and oxygen atoms in total. The molecular formula is C14H27IN4O4. The van der Waals surface area contributed by atoms with Gasteiger partial charge < -0.3 is 25.0 Å². The number of carbonyl (C=O) groups excluding carboxylic acids is 2. The Bertz CT molecular complexity index is 431. The van der Waals surface area contributed by atoms with Gasteiger partial charge in [0.1, 0.15) is 5.60 Å². The summed E-state index contributed by atoms with van der Waals surface area (Å²) in [7, 11) is 3.01. The summed E-state index contributed by atoms with van der Waals surface area (Å²) in [4.78, 5) is 28.5. The second-order valence-corrected chi connectivity index (χ2v) is 6.05. The number of nitrogens with one attached hydrogen (secondary N) is 2. The fourth-order valence-corrected chi connectivity index (χ4v) is 1.82. The number of hydrogen-bond acceptors (Lipinski definition) is 5. The summed E-state index contributed by atoms with van der Waals surface area (Å²) >= 11 is 0. The van der Waals surface area contributed by atoms with Crippen molar-refractivity contribution in [2.45, 2.75) is 38.8 Å². The molecule has 1 heterocycles. The highest BCUT2D eigenvalue weighted by Gasteiger charge is 2.34. The van der Waals surface area contributed by atoms with Crippen molar-refractivity contribution in [3.63, 3.8) is 0 Å². The van der Waals surface area contributed by atoms with Crippen LogP contribution in [0.1, 0.15) is 27.2 Å². The van der Waals surface area contributed by atoms with E-state index in [-0.39, 0.29) is 48.5 Å². The predicted octanol–water partition coefficient (Wildman–Crippen LogP) is 0.952. The fourth-order valence-electron chi connectivity index (χ4n) is 1.82. The Kier molecular flexibility index (Phi) is 9.25. The zero-order valence-electron chi connectivity index (χ0n) is 14.3. The first-order valence-corrected chi connectivity index (χ1v) is 7.27. The molecule has 0 bridgehead atoms. The van der Waals surface area contributed by atoms with Crippen LogP contribution in [-0.4, -0.2) is 68.4 Å². The highest BCUT2D eigenvalue weighted by Crippen LogP contribution is 2.15. The molecule has 1 aliphatic rings. The van der Waals surface area contributed by atoms with E-state index >= 15 is 0 Å². The molecule has 1 aliphatic heterocycles. The van der Waals surface area contributed by atoms with E-state index in [0.717, 1.165) is 0 Å². The Morgan fingerprint density at radius 3 is 2.39 bits per heavy atom. The van der Waals surface area contributed by atoms with Crippen molar-refractivity contribution < 1.29 is 19.1 Å². The lowest BCUT2D eigenvalue weighted by molar-refractivity contribution is -0.140. The number of methoxy groups -OCH3 is 1. The third-order valence-corrected chi connectivity index (χ3v) is 2.95. The van der Waals surface area contributed by atoms with E-state index in [4.69, 9.17) is 4.74 Å². The van der Waals surface area contributed by atoms with Gasteiger partial charge in [0, 0.05) is 26.7 Å². The van der Waals surface area contributed by atoms with E-state index in [1.54, 1.807) is 11.9 Å². The first kappa shape index (κ1) is 21.7. The van der Waals surface area contributed by atoms with Gasteiger partial charge in [-0.1, -0.05) is 0 Å². The van der Waals surface area contributed by atoms with Crippen molar-refractivity contribution in [3.05, 3.63) is 0 Å². The van der Waals surface area contributed by atoms with E-state index in [0.29, 0.717) is 25.6 Å². The Hall–Kier alpha value is -1.26. The van der Waals surface area contributed by atoms with Crippen LogP contribution in [0.25, 0.3) is 0 Å². The maximum atomic E-state index is 11.8. The quantitative estimate of drug-likeness (QED) is 0.292. The summed E-state index contributed by atoms with van der Waals surface area (Å²) in [6.45, 7) is 7.09. The maximum Gasteiger partial charge on any atom is 0.410 e. The smallest absolute Gasteiger partial charge is 0.410 e. The van der Waals surface area contributed by atoms with Crippen LogP contribution >= 0.6 is 24.0 Å². The van der Waals surface area contributed by atoms with Crippen molar-refractivity contribution in [3.8, 4) is 0 Å².